The molecule has 5 nitrogen and oxygen atoms in total. The van der Waals surface area contributed by atoms with E-state index in [1.807, 2.05) is 30.3 Å². The standard InChI is InChI=1S/C18H16ClN3O2S2/c19-15-8-6-13(25-15)10-11-20-17(23)14-7-9-16(26-14)22-18(24)21-12-4-2-1-3-5-12/h1-9H,10-11H2,(H,20,23)(H2,21,22,24). The van der Waals surface area contributed by atoms with Crippen LogP contribution in [0, 0.1) is 0 Å². The third-order valence-electron chi connectivity index (χ3n) is 3.38. The Hall–Kier alpha value is -2.35. The Morgan fingerprint density at radius 3 is 2.46 bits per heavy atom. The summed E-state index contributed by atoms with van der Waals surface area (Å²) >= 11 is 8.62. The molecule has 0 saturated carbocycles. The average Bonchev–Trinajstić information content (AvgIpc) is 3.25. The van der Waals surface area contributed by atoms with Crippen LogP contribution < -0.4 is 16.0 Å². The van der Waals surface area contributed by atoms with E-state index in [0.717, 1.165) is 15.6 Å². The topological polar surface area (TPSA) is 70.2 Å². The van der Waals surface area contributed by atoms with Gasteiger partial charge < -0.3 is 10.6 Å². The Labute approximate surface area is 164 Å². The molecule has 2 heterocycles. The van der Waals surface area contributed by atoms with Crippen LogP contribution in [0.4, 0.5) is 15.5 Å². The van der Waals surface area contributed by atoms with Crippen molar-refractivity contribution in [2.24, 2.45) is 0 Å². The van der Waals surface area contributed by atoms with Crippen molar-refractivity contribution in [3.63, 3.8) is 0 Å². The maximum absolute atomic E-state index is 12.2. The third kappa shape index (κ3) is 5.32. The minimum atomic E-state index is -0.348. The largest absolute Gasteiger partial charge is 0.351 e. The van der Waals surface area contributed by atoms with Crippen molar-refractivity contribution in [2.75, 3.05) is 17.2 Å². The maximum Gasteiger partial charge on any atom is 0.324 e. The van der Waals surface area contributed by atoms with Gasteiger partial charge in [-0.05, 0) is 42.8 Å². The molecule has 134 valence electrons. The molecule has 0 aliphatic rings. The molecule has 8 heteroatoms. The fourth-order valence-corrected chi connectivity index (χ4v) is 4.10. The number of para-hydroxylation sites is 1. The van der Waals surface area contributed by atoms with Gasteiger partial charge in [-0.2, -0.15) is 0 Å². The second-order valence-corrected chi connectivity index (χ2v) is 8.20. The van der Waals surface area contributed by atoms with Gasteiger partial charge in [0.05, 0.1) is 14.2 Å². The molecule has 0 unspecified atom stereocenters. The molecule has 3 N–H and O–H groups in total. The first kappa shape index (κ1) is 18.4. The van der Waals surface area contributed by atoms with Crippen LogP contribution in [-0.2, 0) is 6.42 Å². The van der Waals surface area contributed by atoms with Gasteiger partial charge >= 0.3 is 6.03 Å². The van der Waals surface area contributed by atoms with Crippen LogP contribution in [0.15, 0.2) is 54.6 Å². The van der Waals surface area contributed by atoms with E-state index in [1.165, 1.54) is 22.7 Å². The molecule has 0 atom stereocenters. The summed E-state index contributed by atoms with van der Waals surface area (Å²) in [6.45, 7) is 0.533. The van der Waals surface area contributed by atoms with Crippen LogP contribution in [0.1, 0.15) is 14.5 Å². The van der Waals surface area contributed by atoms with E-state index in [4.69, 9.17) is 11.6 Å². The number of nitrogens with one attached hydrogen (secondary N) is 3. The van der Waals surface area contributed by atoms with Crippen molar-refractivity contribution < 1.29 is 9.59 Å². The minimum Gasteiger partial charge on any atom is -0.351 e. The van der Waals surface area contributed by atoms with Crippen LogP contribution in [0.5, 0.6) is 0 Å². The van der Waals surface area contributed by atoms with E-state index < -0.39 is 0 Å². The van der Waals surface area contributed by atoms with Crippen LogP contribution in [0.25, 0.3) is 0 Å². The quantitative estimate of drug-likeness (QED) is 0.535. The Morgan fingerprint density at radius 2 is 1.73 bits per heavy atom. The highest BCUT2D eigenvalue weighted by molar-refractivity contribution is 7.18. The molecular formula is C18H16ClN3O2S2. The normalized spacial score (nSPS) is 10.3. The predicted octanol–water partition coefficient (Wildman–Crippen LogP) is 5.08. The molecule has 0 saturated heterocycles. The first-order valence-corrected chi connectivity index (χ1v) is 9.86. The summed E-state index contributed by atoms with van der Waals surface area (Å²) < 4.78 is 0.745. The number of carbonyl (C=O) groups excluding carboxylic acids is 2. The van der Waals surface area contributed by atoms with Gasteiger partial charge in [-0.1, -0.05) is 29.8 Å². The SMILES string of the molecule is O=C(Nc1ccccc1)Nc1ccc(C(=O)NCCc2ccc(Cl)s2)s1. The monoisotopic (exact) mass is 405 g/mol. The van der Waals surface area contributed by atoms with E-state index in [9.17, 15) is 9.59 Å². The number of anilines is 2. The lowest BCUT2D eigenvalue weighted by atomic mass is 10.3. The van der Waals surface area contributed by atoms with Crippen molar-refractivity contribution in [1.29, 1.82) is 0 Å². The Bertz CT molecular complexity index is 893. The summed E-state index contributed by atoms with van der Waals surface area (Å²) in [4.78, 5) is 25.8. The zero-order chi connectivity index (χ0) is 18.4. The Kier molecular flexibility index (Phi) is 6.27. The first-order chi connectivity index (χ1) is 12.6. The minimum absolute atomic E-state index is 0.158. The molecular weight excluding hydrogens is 390 g/mol. The van der Waals surface area contributed by atoms with Gasteiger partial charge in [0.25, 0.3) is 5.91 Å². The van der Waals surface area contributed by atoms with Gasteiger partial charge in [-0.15, -0.1) is 22.7 Å². The summed E-state index contributed by atoms with van der Waals surface area (Å²) in [7, 11) is 0. The number of halogens is 1. The fraction of sp³-hybridized carbons (Fsp3) is 0.111. The third-order valence-corrected chi connectivity index (χ3v) is 5.67. The van der Waals surface area contributed by atoms with E-state index in [-0.39, 0.29) is 11.9 Å². The van der Waals surface area contributed by atoms with Crippen molar-refractivity contribution in [3.05, 3.63) is 68.7 Å². The maximum atomic E-state index is 12.2. The van der Waals surface area contributed by atoms with Crippen molar-refractivity contribution in [3.8, 4) is 0 Å². The van der Waals surface area contributed by atoms with Gasteiger partial charge in [0.15, 0.2) is 0 Å². The number of rotatable bonds is 6. The lowest BCUT2D eigenvalue weighted by Gasteiger charge is -2.05. The number of benzene rings is 1. The van der Waals surface area contributed by atoms with Crippen LogP contribution in [0.2, 0.25) is 4.34 Å². The van der Waals surface area contributed by atoms with Crippen LogP contribution in [0.3, 0.4) is 0 Å². The highest BCUT2D eigenvalue weighted by Crippen LogP contribution is 2.23. The smallest absolute Gasteiger partial charge is 0.324 e. The average molecular weight is 406 g/mol. The number of urea groups is 1. The number of carbonyl (C=O) groups is 2. The van der Waals surface area contributed by atoms with E-state index in [0.29, 0.717) is 22.1 Å². The summed E-state index contributed by atoms with van der Waals surface area (Å²) in [5.41, 5.74) is 0.702. The molecule has 0 bridgehead atoms. The summed E-state index contributed by atoms with van der Waals surface area (Å²) in [6.07, 6.45) is 0.735. The van der Waals surface area contributed by atoms with Crippen molar-refractivity contribution >= 4 is 56.9 Å². The fourth-order valence-electron chi connectivity index (χ4n) is 2.20. The molecule has 0 fully saturated rings. The molecule has 0 spiro atoms. The lowest BCUT2D eigenvalue weighted by Crippen LogP contribution is -2.24. The Balaban J connectivity index is 1.47. The van der Waals surface area contributed by atoms with E-state index in [2.05, 4.69) is 16.0 Å². The molecule has 26 heavy (non-hydrogen) atoms. The van der Waals surface area contributed by atoms with Crippen molar-refractivity contribution in [1.82, 2.24) is 5.32 Å². The molecule has 3 aromatic rings. The molecule has 0 aliphatic carbocycles. The summed E-state index contributed by atoms with van der Waals surface area (Å²) in [5.74, 6) is -0.158. The van der Waals surface area contributed by atoms with E-state index in [1.54, 1.807) is 24.3 Å². The van der Waals surface area contributed by atoms with Gasteiger partial charge in [0, 0.05) is 17.1 Å². The molecule has 0 aliphatic heterocycles. The van der Waals surface area contributed by atoms with Crippen LogP contribution in [-0.4, -0.2) is 18.5 Å². The first-order valence-electron chi connectivity index (χ1n) is 7.85. The van der Waals surface area contributed by atoms with Gasteiger partial charge in [0.1, 0.15) is 0 Å². The highest BCUT2D eigenvalue weighted by atomic mass is 35.5. The molecule has 1 aromatic carbocycles. The number of hydrogen-bond donors (Lipinski definition) is 3. The Morgan fingerprint density at radius 1 is 0.923 bits per heavy atom. The zero-order valence-electron chi connectivity index (χ0n) is 13.6. The van der Waals surface area contributed by atoms with Gasteiger partial charge in [-0.3, -0.25) is 10.1 Å². The summed E-state index contributed by atoms with van der Waals surface area (Å²) in [6, 6.07) is 16.0. The second-order valence-electron chi connectivity index (χ2n) is 5.32. The number of amides is 3. The van der Waals surface area contributed by atoms with E-state index >= 15 is 0 Å². The molecule has 0 radical (unpaired) electrons. The molecule has 2 aromatic heterocycles. The molecule has 3 rings (SSSR count). The predicted molar refractivity (Wildman–Crippen MR) is 109 cm³/mol. The summed E-state index contributed by atoms with van der Waals surface area (Å²) in [5, 5.41) is 8.93. The highest BCUT2D eigenvalue weighted by Gasteiger charge is 2.11. The lowest BCUT2D eigenvalue weighted by molar-refractivity contribution is 0.0958. The van der Waals surface area contributed by atoms with Crippen LogP contribution >= 0.6 is 34.3 Å². The second kappa shape index (κ2) is 8.84. The van der Waals surface area contributed by atoms with Gasteiger partial charge in [0.2, 0.25) is 0 Å². The molecule has 3 amide bonds. The number of thiophene rings is 2. The van der Waals surface area contributed by atoms with Gasteiger partial charge in [-0.25, -0.2) is 4.79 Å². The zero-order valence-corrected chi connectivity index (χ0v) is 16.0. The van der Waals surface area contributed by atoms with Crippen molar-refractivity contribution in [2.45, 2.75) is 6.42 Å². The number of hydrogen-bond acceptors (Lipinski definition) is 4.